The average Bonchev–Trinajstić information content (AvgIpc) is 4.26. The molecule has 0 unspecified atom stereocenters. The number of aliphatic carboxylic acids is 1. The first-order valence-corrected chi connectivity index (χ1v) is 24.6. The van der Waals surface area contributed by atoms with Crippen molar-refractivity contribution < 1.29 is 57.9 Å². The number of hydrogen-bond acceptors (Lipinski definition) is 13. The topological polar surface area (TPSA) is 196 Å². The van der Waals surface area contributed by atoms with Crippen molar-refractivity contribution in [3.63, 3.8) is 0 Å². The molecule has 66 heavy (non-hydrogen) atoms. The standard InChI is InChI=1S/C17H14BrNO3.C11H9ClO3.C11H10O4.C5H5BrN2.CH3F.Cl2OS/c18-16-3-1-2-12(19-16)9-15(20)17(6-7-17)11-4-5-13-14(8-11)22-10-21-13;2*12-10(13)11(3-4-11)7-1-2-8-9(5-7)15-6-14-8;6-4-2-1-3-5(7)8-4;1-2;1-4(2)3/h1-5,8H,6-7,9-10H2;1-2,5H,3-4,6H2;1-2,5H,3-4,6H2,(H,12,13);1-3H,(H2,7,8);1H3;/i;;;;1D;. The largest absolute Gasteiger partial charge is 0.481 e. The summed E-state index contributed by atoms with van der Waals surface area (Å²) in [4.78, 5) is 43.4. The predicted molar refractivity (Wildman–Crippen MR) is 253 cm³/mol. The summed E-state index contributed by atoms with van der Waals surface area (Å²) in [5.41, 5.74) is 7.40. The third-order valence-electron chi connectivity index (χ3n) is 11.2. The van der Waals surface area contributed by atoms with Gasteiger partial charge in [0.15, 0.2) is 34.5 Å². The van der Waals surface area contributed by atoms with Gasteiger partial charge >= 0.3 is 5.97 Å². The van der Waals surface area contributed by atoms with Crippen LogP contribution in [0, 0.1) is 0 Å². The van der Waals surface area contributed by atoms with Crippen molar-refractivity contribution in [2.45, 2.75) is 61.2 Å². The van der Waals surface area contributed by atoms with Crippen LogP contribution in [-0.2, 0) is 46.3 Å². The minimum Gasteiger partial charge on any atom is -0.481 e. The Morgan fingerprint density at radius 1 is 0.682 bits per heavy atom. The molecule has 0 atom stereocenters. The molecule has 3 aliphatic heterocycles. The van der Waals surface area contributed by atoms with E-state index in [2.05, 4.69) is 63.2 Å². The normalized spacial score (nSPS) is 16.8. The number of carboxylic acids is 1. The first-order valence-electron chi connectivity index (χ1n) is 20.5. The fourth-order valence-electron chi connectivity index (χ4n) is 7.22. The molecule has 3 fully saturated rings. The number of carbonyl (C=O) groups is 3. The maximum absolute atomic E-state index is 12.8. The molecule has 5 heterocycles. The van der Waals surface area contributed by atoms with Crippen molar-refractivity contribution in [3.8, 4) is 34.5 Å². The number of carboxylic acid groups (broad SMARTS) is 1. The molecule has 5 aromatic rings. The number of aromatic nitrogens is 2. The van der Waals surface area contributed by atoms with Crippen LogP contribution in [0.2, 0.25) is 0 Å². The fraction of sp³-hybridized carbons (Fsp3) is 0.311. The van der Waals surface area contributed by atoms with Gasteiger partial charge in [0.2, 0.25) is 34.8 Å². The molecule has 0 saturated heterocycles. The number of benzene rings is 3. The van der Waals surface area contributed by atoms with E-state index >= 15 is 0 Å². The molecular formula is C45H41Br2Cl3FN3O11S. The number of Topliss-reactive ketones (excluding diaryl/α,β-unsaturated/α-hetero) is 1. The summed E-state index contributed by atoms with van der Waals surface area (Å²) in [7, 11) is 6.36. The Morgan fingerprint density at radius 3 is 1.41 bits per heavy atom. The van der Waals surface area contributed by atoms with Gasteiger partial charge in [-0.25, -0.2) is 14.2 Å². The molecule has 6 aliphatic rings. The summed E-state index contributed by atoms with van der Waals surface area (Å²) >= 11 is 12.1. The summed E-state index contributed by atoms with van der Waals surface area (Å²) < 4.78 is 57.8. The van der Waals surface area contributed by atoms with Crippen LogP contribution in [0.25, 0.3) is 0 Å². The third-order valence-corrected chi connectivity index (χ3v) is 12.4. The highest BCUT2D eigenvalue weighted by atomic mass is 79.9. The van der Waals surface area contributed by atoms with E-state index < -0.39 is 33.2 Å². The van der Waals surface area contributed by atoms with E-state index in [1.54, 1.807) is 18.2 Å². The number of hydrogen-bond donors (Lipinski definition) is 2. The highest BCUT2D eigenvalue weighted by Gasteiger charge is 2.53. The molecule has 14 nitrogen and oxygen atoms in total. The van der Waals surface area contributed by atoms with Crippen LogP contribution in [0.1, 0.15) is 62.3 Å². The Labute approximate surface area is 413 Å². The highest BCUT2D eigenvalue weighted by molar-refractivity contribution is 9.10. The molecule has 3 aliphatic carbocycles. The molecule has 3 saturated carbocycles. The van der Waals surface area contributed by atoms with Crippen LogP contribution in [0.5, 0.6) is 34.5 Å². The number of rotatable bonds is 8. The van der Waals surface area contributed by atoms with Crippen LogP contribution in [0.15, 0.2) is 100 Å². The van der Waals surface area contributed by atoms with E-state index in [1.165, 1.54) is 0 Å². The Hall–Kier alpha value is -4.72. The maximum atomic E-state index is 12.8. The molecule has 0 radical (unpaired) electrons. The monoisotopic (exact) mass is 1110 g/mol. The number of ketones is 1. The summed E-state index contributed by atoms with van der Waals surface area (Å²) in [6.45, 7) is 0.723. The maximum Gasteiger partial charge on any atom is 0.314 e. The van der Waals surface area contributed by atoms with Gasteiger partial charge in [0.1, 0.15) is 20.8 Å². The van der Waals surface area contributed by atoms with Gasteiger partial charge in [0, 0.05) is 33.5 Å². The van der Waals surface area contributed by atoms with E-state index in [-0.39, 0.29) is 36.8 Å². The van der Waals surface area contributed by atoms with Crippen molar-refractivity contribution in [2.24, 2.45) is 0 Å². The number of alkyl halides is 1. The molecule has 3 aromatic carbocycles. The zero-order valence-electron chi connectivity index (χ0n) is 35.6. The highest BCUT2D eigenvalue weighted by Crippen LogP contribution is 2.53. The van der Waals surface area contributed by atoms with Crippen molar-refractivity contribution >= 4 is 96.9 Å². The van der Waals surface area contributed by atoms with Gasteiger partial charge in [0.05, 0.1) is 24.8 Å². The quantitative estimate of drug-likeness (QED) is 0.110. The van der Waals surface area contributed by atoms with Gasteiger partial charge in [-0.2, -0.15) is 0 Å². The van der Waals surface area contributed by atoms with Crippen molar-refractivity contribution in [1.29, 1.82) is 0 Å². The number of ether oxygens (including phenoxy) is 6. The minimum absolute atomic E-state index is 0.219. The zero-order valence-corrected chi connectivity index (χ0v) is 40.9. The van der Waals surface area contributed by atoms with E-state index in [0.29, 0.717) is 42.3 Å². The Morgan fingerprint density at radius 2 is 1.06 bits per heavy atom. The van der Waals surface area contributed by atoms with Crippen molar-refractivity contribution in [2.75, 3.05) is 33.3 Å². The molecule has 0 bridgehead atoms. The van der Waals surface area contributed by atoms with Crippen LogP contribution < -0.4 is 34.2 Å². The number of nitrogens with zero attached hydrogens (tertiary/aromatic N) is 2. The number of fused-ring (bicyclic) bond motifs is 3. The Kier molecular flexibility index (Phi) is 16.7. The van der Waals surface area contributed by atoms with Crippen molar-refractivity contribution in [3.05, 3.63) is 123 Å². The number of nitrogen functional groups attached to an aromatic ring is 1. The lowest BCUT2D eigenvalue weighted by Gasteiger charge is -2.15. The minimum atomic E-state index is -1.67. The second-order valence-corrected chi connectivity index (χ2v) is 19.6. The molecule has 2 aromatic heterocycles. The summed E-state index contributed by atoms with van der Waals surface area (Å²) in [5, 5.41) is 8.86. The second kappa shape index (κ2) is 22.4. The summed E-state index contributed by atoms with van der Waals surface area (Å²) in [6.07, 6.45) is 5.21. The first-order chi connectivity index (χ1) is 32.0. The molecule has 21 heteroatoms. The van der Waals surface area contributed by atoms with E-state index in [1.807, 2.05) is 72.8 Å². The van der Waals surface area contributed by atoms with Crippen LogP contribution >= 0.6 is 64.8 Å². The summed E-state index contributed by atoms with van der Waals surface area (Å²) in [5.74, 6) is 4.28. The first kappa shape index (κ1) is 49.2. The van der Waals surface area contributed by atoms with Gasteiger partial charge < -0.3 is 39.3 Å². The van der Waals surface area contributed by atoms with Gasteiger partial charge in [-0.3, -0.25) is 18.8 Å². The average molecular weight is 1120 g/mol. The molecule has 0 amide bonds. The zero-order chi connectivity index (χ0) is 48.4. The molecule has 350 valence electrons. The van der Waals surface area contributed by atoms with Gasteiger partial charge in [-0.05, 0) is 159 Å². The second-order valence-electron chi connectivity index (χ2n) is 15.2. The lowest BCUT2D eigenvalue weighted by atomic mass is 9.88. The Balaban J connectivity index is 0.000000146. The molecule has 0 spiro atoms. The van der Waals surface area contributed by atoms with E-state index in [4.69, 9.17) is 56.4 Å². The van der Waals surface area contributed by atoms with E-state index in [0.717, 1.165) is 74.5 Å². The van der Waals surface area contributed by atoms with Crippen LogP contribution in [0.3, 0.4) is 0 Å². The van der Waals surface area contributed by atoms with Crippen molar-refractivity contribution in [1.82, 2.24) is 9.97 Å². The number of pyridine rings is 2. The molecular weight excluding hydrogens is 1080 g/mol. The van der Waals surface area contributed by atoms with Crippen LogP contribution in [-0.4, -0.2) is 63.8 Å². The number of carbonyl (C=O) groups excluding carboxylic acids is 2. The Bertz CT molecular complexity index is 2520. The third kappa shape index (κ3) is 12.4. The fourth-order valence-corrected chi connectivity index (χ4v) is 8.25. The predicted octanol–water partition coefficient (Wildman–Crippen LogP) is 10.2. The van der Waals surface area contributed by atoms with E-state index in [9.17, 15) is 18.8 Å². The SMILES string of the molecule is Nc1cccc(Br)n1.O=C(Cc1cccc(Br)n1)C1(c2ccc3c(c2)OCO3)CC1.O=C(Cl)C1(c2ccc3c(c2)OCO3)CC1.O=C(O)C1(c2ccc3c(c2)OCO3)CC1.O=S(Cl)Cl.[2H]CF. The molecule has 3 N–H and O–H groups in total. The van der Waals surface area contributed by atoms with Gasteiger partial charge in [-0.15, -0.1) is 0 Å². The lowest BCUT2D eigenvalue weighted by Crippen LogP contribution is -2.23. The molecule has 11 rings (SSSR count). The lowest BCUT2D eigenvalue weighted by molar-refractivity contribution is -0.140. The summed E-state index contributed by atoms with van der Waals surface area (Å²) in [6, 6.07) is 27.8. The van der Waals surface area contributed by atoms with Gasteiger partial charge in [-0.1, -0.05) is 30.3 Å². The smallest absolute Gasteiger partial charge is 0.314 e. The van der Waals surface area contributed by atoms with Crippen LogP contribution in [0.4, 0.5) is 10.2 Å². The number of nitrogens with two attached hydrogens (primary N) is 1. The number of anilines is 1. The number of halogens is 6. The van der Waals surface area contributed by atoms with Gasteiger partial charge in [0.25, 0.3) is 0 Å².